The van der Waals surface area contributed by atoms with Crippen LogP contribution in [0.2, 0.25) is 0 Å². The second kappa shape index (κ2) is 6.67. The highest BCUT2D eigenvalue weighted by Gasteiger charge is 2.51. The molecule has 2 aliphatic rings. The van der Waals surface area contributed by atoms with E-state index in [0.717, 1.165) is 32.1 Å². The maximum atomic E-state index is 12.1. The van der Waals surface area contributed by atoms with Crippen molar-refractivity contribution in [2.75, 3.05) is 0 Å². The molecule has 2 rings (SSSR count). The van der Waals surface area contributed by atoms with E-state index < -0.39 is 11.9 Å². The molecule has 5 heteroatoms. The fraction of sp³-hybridized carbons (Fsp3) is 0.875. The number of rotatable bonds is 6. The van der Waals surface area contributed by atoms with Gasteiger partial charge in [0, 0.05) is 12.1 Å². The van der Waals surface area contributed by atoms with Crippen molar-refractivity contribution in [2.45, 2.75) is 65.0 Å². The molecular weight excluding hydrogens is 268 g/mol. The summed E-state index contributed by atoms with van der Waals surface area (Å²) >= 11 is 0. The lowest BCUT2D eigenvalue weighted by Crippen LogP contribution is -2.51. The van der Waals surface area contributed by atoms with E-state index in [1.807, 2.05) is 6.92 Å². The number of hydrogen-bond donors (Lipinski definition) is 3. The van der Waals surface area contributed by atoms with Crippen LogP contribution in [-0.4, -0.2) is 29.2 Å². The molecule has 2 fully saturated rings. The Bertz CT molecular complexity index is 399. The van der Waals surface area contributed by atoms with Gasteiger partial charge in [-0.15, -0.1) is 0 Å². The van der Waals surface area contributed by atoms with Crippen LogP contribution in [0, 0.1) is 23.7 Å². The average Bonchev–Trinajstić information content (AvgIpc) is 2.98. The molecule has 0 heterocycles. The standard InChI is InChI=1S/C16H28N2O3/c1-4-9(2)7-10(3)17-16(21)18-14-12-6-5-11(8-12)13(14)15(19)20/h9-14H,4-8H2,1-3H3,(H,19,20)(H2,17,18,21). The molecule has 2 saturated carbocycles. The number of fused-ring (bicyclic) bond motifs is 2. The Hall–Kier alpha value is -1.26. The Morgan fingerprint density at radius 1 is 1.24 bits per heavy atom. The van der Waals surface area contributed by atoms with Gasteiger partial charge < -0.3 is 15.7 Å². The minimum absolute atomic E-state index is 0.113. The summed E-state index contributed by atoms with van der Waals surface area (Å²) in [6.07, 6.45) is 5.03. The largest absolute Gasteiger partial charge is 0.481 e. The van der Waals surface area contributed by atoms with Gasteiger partial charge in [-0.25, -0.2) is 4.79 Å². The van der Waals surface area contributed by atoms with Crippen molar-refractivity contribution in [3.63, 3.8) is 0 Å². The van der Waals surface area contributed by atoms with Gasteiger partial charge >= 0.3 is 12.0 Å². The summed E-state index contributed by atoms with van der Waals surface area (Å²) < 4.78 is 0. The summed E-state index contributed by atoms with van der Waals surface area (Å²) in [5, 5.41) is 15.3. The van der Waals surface area contributed by atoms with E-state index in [1.165, 1.54) is 0 Å². The molecule has 21 heavy (non-hydrogen) atoms. The fourth-order valence-corrected chi connectivity index (χ4v) is 4.10. The topological polar surface area (TPSA) is 78.4 Å². The molecule has 0 radical (unpaired) electrons. The summed E-state index contributed by atoms with van der Waals surface area (Å²) in [5.74, 6) is -0.00357. The number of hydrogen-bond acceptors (Lipinski definition) is 2. The average molecular weight is 296 g/mol. The van der Waals surface area contributed by atoms with Crippen LogP contribution in [0.4, 0.5) is 4.79 Å². The predicted molar refractivity (Wildman–Crippen MR) is 80.9 cm³/mol. The van der Waals surface area contributed by atoms with Crippen molar-refractivity contribution in [1.82, 2.24) is 10.6 Å². The van der Waals surface area contributed by atoms with Crippen molar-refractivity contribution in [3.05, 3.63) is 0 Å². The number of amides is 2. The van der Waals surface area contributed by atoms with Gasteiger partial charge in [-0.05, 0) is 50.4 Å². The summed E-state index contributed by atoms with van der Waals surface area (Å²) in [6, 6.07) is -0.298. The highest BCUT2D eigenvalue weighted by atomic mass is 16.4. The third kappa shape index (κ3) is 3.69. The van der Waals surface area contributed by atoms with Gasteiger partial charge in [0.25, 0.3) is 0 Å². The van der Waals surface area contributed by atoms with Crippen LogP contribution in [0.25, 0.3) is 0 Å². The number of carbonyl (C=O) groups is 2. The fourth-order valence-electron chi connectivity index (χ4n) is 4.10. The second-order valence-electron chi connectivity index (χ2n) is 6.99. The summed E-state index contributed by atoms with van der Waals surface area (Å²) in [5.41, 5.74) is 0. The number of urea groups is 1. The molecule has 2 aliphatic carbocycles. The quantitative estimate of drug-likeness (QED) is 0.705. The van der Waals surface area contributed by atoms with Gasteiger partial charge in [0.05, 0.1) is 5.92 Å². The van der Waals surface area contributed by atoms with E-state index in [9.17, 15) is 14.7 Å². The Kier molecular flexibility index (Phi) is 5.12. The monoisotopic (exact) mass is 296 g/mol. The number of aliphatic carboxylic acids is 1. The second-order valence-corrected chi connectivity index (χ2v) is 6.99. The minimum Gasteiger partial charge on any atom is -0.481 e. The smallest absolute Gasteiger partial charge is 0.315 e. The van der Waals surface area contributed by atoms with Crippen molar-refractivity contribution < 1.29 is 14.7 Å². The molecule has 0 spiro atoms. The third-order valence-electron chi connectivity index (χ3n) is 5.33. The number of carboxylic acid groups (broad SMARTS) is 1. The molecule has 3 N–H and O–H groups in total. The Morgan fingerprint density at radius 3 is 2.52 bits per heavy atom. The van der Waals surface area contributed by atoms with E-state index in [0.29, 0.717) is 11.8 Å². The number of nitrogens with one attached hydrogen (secondary N) is 2. The summed E-state index contributed by atoms with van der Waals surface area (Å²) in [7, 11) is 0. The lowest BCUT2D eigenvalue weighted by atomic mass is 9.84. The van der Waals surface area contributed by atoms with Crippen LogP contribution >= 0.6 is 0 Å². The van der Waals surface area contributed by atoms with Crippen molar-refractivity contribution in [1.29, 1.82) is 0 Å². The normalized spacial score (nSPS) is 33.5. The molecule has 0 aromatic rings. The van der Waals surface area contributed by atoms with Gasteiger partial charge in [0.15, 0.2) is 0 Å². The van der Waals surface area contributed by atoms with E-state index in [4.69, 9.17) is 0 Å². The molecule has 120 valence electrons. The first-order valence-corrected chi connectivity index (χ1v) is 8.22. The highest BCUT2D eigenvalue weighted by Crippen LogP contribution is 2.48. The molecule has 2 bridgehead atoms. The number of carbonyl (C=O) groups excluding carboxylic acids is 1. The Balaban J connectivity index is 1.86. The van der Waals surface area contributed by atoms with Crippen LogP contribution in [0.3, 0.4) is 0 Å². The maximum Gasteiger partial charge on any atom is 0.315 e. The van der Waals surface area contributed by atoms with Crippen molar-refractivity contribution >= 4 is 12.0 Å². The number of carboxylic acids is 1. The molecule has 0 aromatic heterocycles. The molecule has 6 unspecified atom stereocenters. The zero-order chi connectivity index (χ0) is 15.6. The van der Waals surface area contributed by atoms with Gasteiger partial charge in [0.2, 0.25) is 0 Å². The van der Waals surface area contributed by atoms with E-state index in [1.54, 1.807) is 0 Å². The molecule has 5 nitrogen and oxygen atoms in total. The molecule has 0 aliphatic heterocycles. The summed E-state index contributed by atoms with van der Waals surface area (Å²) in [4.78, 5) is 23.5. The first-order valence-electron chi connectivity index (χ1n) is 8.22. The van der Waals surface area contributed by atoms with Gasteiger partial charge in [-0.1, -0.05) is 20.3 Å². The van der Waals surface area contributed by atoms with Gasteiger partial charge in [0.1, 0.15) is 0 Å². The lowest BCUT2D eigenvalue weighted by Gasteiger charge is -2.29. The lowest BCUT2D eigenvalue weighted by molar-refractivity contribution is -0.144. The maximum absolute atomic E-state index is 12.1. The van der Waals surface area contributed by atoms with E-state index in [-0.39, 0.29) is 24.0 Å². The first kappa shape index (κ1) is 16.1. The predicted octanol–water partition coefficient (Wildman–Crippen LogP) is 2.61. The minimum atomic E-state index is -0.764. The Morgan fingerprint density at radius 2 is 1.90 bits per heavy atom. The zero-order valence-corrected chi connectivity index (χ0v) is 13.3. The SMILES string of the molecule is CCC(C)CC(C)NC(=O)NC1C2CCC(C2)C1C(=O)O. The van der Waals surface area contributed by atoms with E-state index >= 15 is 0 Å². The zero-order valence-electron chi connectivity index (χ0n) is 13.3. The van der Waals surface area contributed by atoms with Crippen LogP contribution in [0.15, 0.2) is 0 Å². The first-order chi connectivity index (χ1) is 9.92. The molecule has 2 amide bonds. The summed E-state index contributed by atoms with van der Waals surface area (Å²) in [6.45, 7) is 6.32. The van der Waals surface area contributed by atoms with Crippen molar-refractivity contribution in [3.8, 4) is 0 Å². The van der Waals surface area contributed by atoms with Crippen LogP contribution in [-0.2, 0) is 4.79 Å². The van der Waals surface area contributed by atoms with Gasteiger partial charge in [-0.2, -0.15) is 0 Å². The van der Waals surface area contributed by atoms with Crippen LogP contribution in [0.5, 0.6) is 0 Å². The molecule has 0 saturated heterocycles. The molecular formula is C16H28N2O3. The Labute approximate surface area is 126 Å². The molecule has 0 aromatic carbocycles. The highest BCUT2D eigenvalue weighted by molar-refractivity contribution is 5.77. The van der Waals surface area contributed by atoms with E-state index in [2.05, 4.69) is 24.5 Å². The van der Waals surface area contributed by atoms with Crippen LogP contribution in [0.1, 0.15) is 52.9 Å². The molecule has 6 atom stereocenters. The van der Waals surface area contributed by atoms with Crippen molar-refractivity contribution in [2.24, 2.45) is 23.7 Å². The van der Waals surface area contributed by atoms with Gasteiger partial charge in [-0.3, -0.25) is 4.79 Å². The third-order valence-corrected chi connectivity index (χ3v) is 5.33. The van der Waals surface area contributed by atoms with Crippen LogP contribution < -0.4 is 10.6 Å².